The molecule has 1 N–H and O–H groups in total. The van der Waals surface area contributed by atoms with E-state index in [1.165, 1.54) is 17.6 Å². The Balaban J connectivity index is 1.56. The smallest absolute Gasteiger partial charge is 0.230 e. The van der Waals surface area contributed by atoms with Gasteiger partial charge < -0.3 is 14.7 Å². The molecule has 2 unspecified atom stereocenters. The van der Waals surface area contributed by atoms with E-state index in [0.717, 1.165) is 25.2 Å². The number of benzene rings is 1. The van der Waals surface area contributed by atoms with Crippen LogP contribution in [-0.2, 0) is 14.9 Å². The molecule has 5 heteroatoms. The SMILES string of the molecule is O=C1C[C@@H]2OCC=C3CN4CCC56c7cccc(O)c7N1[C@H]5C2[C@H]3C[C@H]46. The van der Waals surface area contributed by atoms with Gasteiger partial charge in [-0.25, -0.2) is 0 Å². The fraction of sp³-hybridized carbons (Fsp3) is 0.571. The maximum Gasteiger partial charge on any atom is 0.230 e. The molecule has 134 valence electrons. The van der Waals surface area contributed by atoms with E-state index >= 15 is 0 Å². The van der Waals surface area contributed by atoms with Gasteiger partial charge >= 0.3 is 0 Å². The van der Waals surface area contributed by atoms with Gasteiger partial charge in [0.1, 0.15) is 5.75 Å². The second kappa shape index (κ2) is 4.34. The molecular formula is C21H22N2O3. The average molecular weight is 350 g/mol. The summed E-state index contributed by atoms with van der Waals surface area (Å²) in [4.78, 5) is 17.8. The van der Waals surface area contributed by atoms with Gasteiger partial charge in [0.15, 0.2) is 0 Å². The molecule has 0 radical (unpaired) electrons. The Morgan fingerprint density at radius 1 is 1.31 bits per heavy atom. The van der Waals surface area contributed by atoms with Crippen LogP contribution in [0.25, 0.3) is 0 Å². The van der Waals surface area contributed by atoms with Crippen LogP contribution in [0.5, 0.6) is 5.75 Å². The third kappa shape index (κ3) is 1.34. The second-order valence-electron chi connectivity index (χ2n) is 8.93. The van der Waals surface area contributed by atoms with E-state index in [4.69, 9.17) is 4.74 Å². The van der Waals surface area contributed by atoms with Crippen molar-refractivity contribution in [3.8, 4) is 5.75 Å². The van der Waals surface area contributed by atoms with Crippen LogP contribution in [0, 0.1) is 11.8 Å². The summed E-state index contributed by atoms with van der Waals surface area (Å²) in [6, 6.07) is 6.46. The Kier molecular flexibility index (Phi) is 2.38. The van der Waals surface area contributed by atoms with Gasteiger partial charge in [-0.1, -0.05) is 23.8 Å². The molecule has 1 amide bonds. The number of phenolic OH excluding ortho intramolecular Hbond substituents is 1. The van der Waals surface area contributed by atoms with E-state index in [9.17, 15) is 9.90 Å². The van der Waals surface area contributed by atoms with Crippen molar-refractivity contribution in [1.29, 1.82) is 0 Å². The van der Waals surface area contributed by atoms with Crippen LogP contribution in [-0.4, -0.2) is 53.8 Å². The molecule has 1 aromatic carbocycles. The van der Waals surface area contributed by atoms with E-state index in [0.29, 0.717) is 30.9 Å². The quantitative estimate of drug-likeness (QED) is 0.725. The van der Waals surface area contributed by atoms with Crippen LogP contribution < -0.4 is 4.90 Å². The molecule has 6 atom stereocenters. The van der Waals surface area contributed by atoms with Crippen LogP contribution in [0.2, 0.25) is 0 Å². The first-order valence-electron chi connectivity index (χ1n) is 9.89. The minimum Gasteiger partial charge on any atom is -0.506 e. The van der Waals surface area contributed by atoms with Crippen LogP contribution in [0.15, 0.2) is 29.8 Å². The number of phenols is 1. The summed E-state index contributed by atoms with van der Waals surface area (Å²) >= 11 is 0. The van der Waals surface area contributed by atoms with Gasteiger partial charge in [0.25, 0.3) is 0 Å². The highest BCUT2D eigenvalue weighted by Crippen LogP contribution is 2.66. The Bertz CT molecular complexity index is 895. The Morgan fingerprint density at radius 2 is 2.23 bits per heavy atom. The second-order valence-corrected chi connectivity index (χ2v) is 8.93. The lowest BCUT2D eigenvalue weighted by atomic mass is 9.53. The molecule has 5 aliphatic heterocycles. The van der Waals surface area contributed by atoms with Crippen LogP contribution >= 0.6 is 0 Å². The Morgan fingerprint density at radius 3 is 3.15 bits per heavy atom. The van der Waals surface area contributed by atoms with Gasteiger partial charge in [-0.2, -0.15) is 0 Å². The normalized spacial score (nSPS) is 44.6. The number of carbonyl (C=O) groups excluding carboxylic acids is 1. The molecule has 2 bridgehead atoms. The molecule has 3 saturated heterocycles. The largest absolute Gasteiger partial charge is 0.506 e. The number of ether oxygens (including phenoxy) is 1. The number of hydrogen-bond acceptors (Lipinski definition) is 4. The van der Waals surface area contributed by atoms with Crippen LogP contribution in [0.4, 0.5) is 5.69 Å². The standard InChI is InChI=1S/C21H22N2O3/c24-14-3-1-2-13-19(14)23-17(25)9-15-18-12-8-16-21(13,20(18)23)5-6-22(16)10-11(12)4-7-26-15/h1-4,12,15-16,18,20,24H,5-10H2/t12-,15-,16-,18?,20-,21?/m0/s1. The first-order chi connectivity index (χ1) is 12.7. The number of piperidine rings is 2. The summed E-state index contributed by atoms with van der Waals surface area (Å²) in [5, 5.41) is 10.7. The molecule has 1 saturated carbocycles. The highest BCUT2D eigenvalue weighted by molar-refractivity contribution is 6.00. The monoisotopic (exact) mass is 350 g/mol. The van der Waals surface area contributed by atoms with Crippen molar-refractivity contribution < 1.29 is 14.6 Å². The number of nitrogens with zero attached hydrogens (tertiary/aromatic N) is 2. The molecule has 4 fully saturated rings. The predicted octanol–water partition coefficient (Wildman–Crippen LogP) is 1.80. The van der Waals surface area contributed by atoms with Gasteiger partial charge in [-0.3, -0.25) is 9.69 Å². The first-order valence-corrected chi connectivity index (χ1v) is 9.89. The van der Waals surface area contributed by atoms with Gasteiger partial charge in [-0.05, 0) is 36.9 Å². The van der Waals surface area contributed by atoms with E-state index in [2.05, 4.69) is 17.0 Å². The van der Waals surface area contributed by atoms with Gasteiger partial charge in [0.05, 0.1) is 30.9 Å². The first kappa shape index (κ1) is 14.2. The van der Waals surface area contributed by atoms with Gasteiger partial charge in [0, 0.05) is 23.9 Å². The topological polar surface area (TPSA) is 53.0 Å². The van der Waals surface area contributed by atoms with Crippen LogP contribution in [0.3, 0.4) is 0 Å². The molecule has 7 rings (SSSR count). The molecule has 6 aliphatic rings. The molecule has 26 heavy (non-hydrogen) atoms. The van der Waals surface area contributed by atoms with Gasteiger partial charge in [-0.15, -0.1) is 0 Å². The number of rotatable bonds is 0. The zero-order chi connectivity index (χ0) is 17.2. The number of para-hydroxylation sites is 1. The molecule has 1 aromatic rings. The third-order valence-corrected chi connectivity index (χ3v) is 8.31. The fourth-order valence-corrected chi connectivity index (χ4v) is 7.57. The molecule has 1 spiro atoms. The van der Waals surface area contributed by atoms with Crippen molar-refractivity contribution in [2.75, 3.05) is 24.6 Å². The fourth-order valence-electron chi connectivity index (χ4n) is 7.57. The summed E-state index contributed by atoms with van der Waals surface area (Å²) in [6.45, 7) is 2.77. The molecule has 1 aliphatic carbocycles. The number of carbonyl (C=O) groups is 1. The summed E-state index contributed by atoms with van der Waals surface area (Å²) in [5.41, 5.74) is 3.49. The van der Waals surface area contributed by atoms with Crippen molar-refractivity contribution in [1.82, 2.24) is 4.90 Å². The number of anilines is 1. The zero-order valence-corrected chi connectivity index (χ0v) is 14.6. The summed E-state index contributed by atoms with van der Waals surface area (Å²) in [7, 11) is 0. The Labute approximate surface area is 152 Å². The number of fused-ring (bicyclic) bond motifs is 2. The van der Waals surface area contributed by atoms with Crippen LogP contribution in [0.1, 0.15) is 24.8 Å². The maximum atomic E-state index is 13.2. The van der Waals surface area contributed by atoms with Gasteiger partial charge in [0.2, 0.25) is 5.91 Å². The van der Waals surface area contributed by atoms with E-state index in [-0.39, 0.29) is 29.2 Å². The van der Waals surface area contributed by atoms with Crippen molar-refractivity contribution in [3.05, 3.63) is 35.4 Å². The number of hydrogen-bond donors (Lipinski definition) is 1. The average Bonchev–Trinajstić information content (AvgIpc) is 3.10. The third-order valence-electron chi connectivity index (χ3n) is 8.31. The number of aromatic hydroxyl groups is 1. The molecule has 5 nitrogen and oxygen atoms in total. The van der Waals surface area contributed by atoms with Crippen molar-refractivity contribution in [2.24, 2.45) is 11.8 Å². The molecular weight excluding hydrogens is 328 g/mol. The highest BCUT2D eigenvalue weighted by atomic mass is 16.5. The lowest BCUT2D eigenvalue weighted by Gasteiger charge is -2.58. The molecule has 5 heterocycles. The predicted molar refractivity (Wildman–Crippen MR) is 95.1 cm³/mol. The van der Waals surface area contributed by atoms with Crippen molar-refractivity contribution in [3.63, 3.8) is 0 Å². The summed E-state index contributed by atoms with van der Waals surface area (Å²) < 4.78 is 6.22. The van der Waals surface area contributed by atoms with Crippen molar-refractivity contribution >= 4 is 11.6 Å². The zero-order valence-electron chi connectivity index (χ0n) is 14.6. The number of amides is 1. The summed E-state index contributed by atoms with van der Waals surface area (Å²) in [5.74, 6) is 1.26. The van der Waals surface area contributed by atoms with E-state index < -0.39 is 0 Å². The van der Waals surface area contributed by atoms with E-state index in [1.807, 2.05) is 11.0 Å². The van der Waals surface area contributed by atoms with E-state index in [1.54, 1.807) is 6.07 Å². The Hall–Kier alpha value is -1.85. The minimum absolute atomic E-state index is 0.0175. The van der Waals surface area contributed by atoms with Crippen molar-refractivity contribution in [2.45, 2.75) is 42.9 Å². The lowest BCUT2D eigenvalue weighted by molar-refractivity contribution is -0.132. The summed E-state index contributed by atoms with van der Waals surface area (Å²) in [6.07, 6.45) is 5.00. The lowest BCUT2D eigenvalue weighted by Crippen LogP contribution is -2.69. The minimum atomic E-state index is -0.0389. The highest BCUT2D eigenvalue weighted by Gasteiger charge is 2.71. The maximum absolute atomic E-state index is 13.2. The molecule has 0 aromatic heterocycles.